The van der Waals surface area contributed by atoms with Crippen LogP contribution in [-0.4, -0.2) is 9.97 Å². The highest BCUT2D eigenvalue weighted by molar-refractivity contribution is 5.93. The highest BCUT2D eigenvalue weighted by Crippen LogP contribution is 2.25. The second-order valence-electron chi connectivity index (χ2n) is 4.24. The van der Waals surface area contributed by atoms with E-state index in [0.29, 0.717) is 5.69 Å². The molecule has 0 bridgehead atoms. The van der Waals surface area contributed by atoms with Crippen molar-refractivity contribution in [2.24, 2.45) is 0 Å². The second-order valence-corrected chi connectivity index (χ2v) is 4.24. The summed E-state index contributed by atoms with van der Waals surface area (Å²) >= 11 is 0. The Morgan fingerprint density at radius 2 is 2.00 bits per heavy atom. The van der Waals surface area contributed by atoms with Gasteiger partial charge in [-0.15, -0.1) is 0 Å². The minimum absolute atomic E-state index is 0.708. The number of nitrogens with two attached hydrogens (primary N) is 1. The number of nitrogen functional groups attached to an aromatic ring is 1. The van der Waals surface area contributed by atoms with Crippen LogP contribution in [0.2, 0.25) is 0 Å². The van der Waals surface area contributed by atoms with E-state index >= 15 is 0 Å². The van der Waals surface area contributed by atoms with Gasteiger partial charge in [0, 0.05) is 17.1 Å². The summed E-state index contributed by atoms with van der Waals surface area (Å²) in [4.78, 5) is 7.62. The van der Waals surface area contributed by atoms with Gasteiger partial charge in [0.25, 0.3) is 0 Å². The number of anilines is 3. The third kappa shape index (κ3) is 1.78. The van der Waals surface area contributed by atoms with E-state index in [9.17, 15) is 0 Å². The van der Waals surface area contributed by atoms with Gasteiger partial charge in [-0.2, -0.15) is 0 Å². The molecule has 2 heterocycles. The number of para-hydroxylation sites is 1. The number of benzene rings is 1. The first-order chi connectivity index (χ1) is 8.74. The minimum atomic E-state index is 0.708. The molecule has 1 aromatic carbocycles. The van der Waals surface area contributed by atoms with Crippen molar-refractivity contribution >= 4 is 28.1 Å². The van der Waals surface area contributed by atoms with Crippen molar-refractivity contribution in [1.82, 2.24) is 9.97 Å². The summed E-state index contributed by atoms with van der Waals surface area (Å²) in [5, 5.41) is 4.44. The van der Waals surface area contributed by atoms with Gasteiger partial charge in [-0.25, -0.2) is 4.98 Å². The molecular weight excluding hydrogens is 224 g/mol. The molecule has 0 saturated carbocycles. The summed E-state index contributed by atoms with van der Waals surface area (Å²) in [6, 6.07) is 11.9. The summed E-state index contributed by atoms with van der Waals surface area (Å²) < 4.78 is 0. The van der Waals surface area contributed by atoms with Crippen molar-refractivity contribution in [3.8, 4) is 0 Å². The Bertz CT molecular complexity index is 700. The number of aryl methyl sites for hydroxylation is 1. The van der Waals surface area contributed by atoms with E-state index in [1.165, 1.54) is 0 Å². The van der Waals surface area contributed by atoms with Crippen LogP contribution in [0.15, 0.2) is 42.6 Å². The monoisotopic (exact) mass is 238 g/mol. The molecule has 18 heavy (non-hydrogen) atoms. The lowest BCUT2D eigenvalue weighted by atomic mass is 10.2. The van der Waals surface area contributed by atoms with Crippen LogP contribution in [0.5, 0.6) is 0 Å². The maximum absolute atomic E-state index is 5.76. The average Bonchev–Trinajstić information content (AvgIpc) is 2.78. The van der Waals surface area contributed by atoms with Crippen LogP contribution in [0.25, 0.3) is 10.9 Å². The Balaban J connectivity index is 1.98. The standard InChI is InChI=1S/C14H14N4/c1-9-11(15)6-7-14(17-9)18-13-8-16-12-5-3-2-4-10(12)13/h2-8,16H,15H2,1H3,(H,17,18). The fraction of sp³-hybridized carbons (Fsp3) is 0.0714. The van der Waals surface area contributed by atoms with Crippen molar-refractivity contribution < 1.29 is 0 Å². The van der Waals surface area contributed by atoms with Crippen molar-refractivity contribution in [1.29, 1.82) is 0 Å². The lowest BCUT2D eigenvalue weighted by Gasteiger charge is -2.06. The molecule has 0 aliphatic rings. The largest absolute Gasteiger partial charge is 0.397 e. The topological polar surface area (TPSA) is 66.7 Å². The van der Waals surface area contributed by atoms with E-state index in [-0.39, 0.29) is 0 Å². The van der Waals surface area contributed by atoms with Gasteiger partial charge < -0.3 is 16.0 Å². The average molecular weight is 238 g/mol. The Hall–Kier alpha value is -2.49. The third-order valence-corrected chi connectivity index (χ3v) is 2.98. The molecule has 3 rings (SSSR count). The van der Waals surface area contributed by atoms with Gasteiger partial charge >= 0.3 is 0 Å². The van der Waals surface area contributed by atoms with Gasteiger partial charge in [-0.1, -0.05) is 18.2 Å². The first kappa shape index (κ1) is 10.7. The highest BCUT2D eigenvalue weighted by Gasteiger charge is 2.04. The van der Waals surface area contributed by atoms with E-state index in [0.717, 1.165) is 28.1 Å². The molecule has 3 aromatic rings. The molecule has 0 fully saturated rings. The van der Waals surface area contributed by atoms with Gasteiger partial charge in [-0.3, -0.25) is 0 Å². The van der Waals surface area contributed by atoms with Gasteiger partial charge in [0.05, 0.1) is 17.1 Å². The van der Waals surface area contributed by atoms with Gasteiger partial charge in [0.15, 0.2) is 0 Å². The number of aromatic amines is 1. The zero-order chi connectivity index (χ0) is 12.5. The normalized spacial score (nSPS) is 10.7. The number of hydrogen-bond donors (Lipinski definition) is 3. The summed E-state index contributed by atoms with van der Waals surface area (Å²) in [7, 11) is 0. The molecular formula is C14H14N4. The van der Waals surface area contributed by atoms with Crippen LogP contribution in [0.1, 0.15) is 5.69 Å². The smallest absolute Gasteiger partial charge is 0.130 e. The van der Waals surface area contributed by atoms with Crippen LogP contribution in [0.4, 0.5) is 17.2 Å². The molecule has 4 N–H and O–H groups in total. The predicted octanol–water partition coefficient (Wildman–Crippen LogP) is 3.20. The SMILES string of the molecule is Cc1nc(Nc2c[nH]c3ccccc23)ccc1N. The molecule has 0 atom stereocenters. The summed E-state index contributed by atoms with van der Waals surface area (Å²) in [5.41, 5.74) is 9.42. The van der Waals surface area contributed by atoms with Crippen LogP contribution in [-0.2, 0) is 0 Å². The summed E-state index contributed by atoms with van der Waals surface area (Å²) in [5.74, 6) is 0.798. The molecule has 0 amide bonds. The van der Waals surface area contributed by atoms with E-state index in [1.807, 2.05) is 43.5 Å². The Morgan fingerprint density at radius 3 is 2.83 bits per heavy atom. The number of aromatic nitrogens is 2. The molecule has 0 aliphatic carbocycles. The van der Waals surface area contributed by atoms with E-state index in [2.05, 4.69) is 21.4 Å². The second kappa shape index (κ2) is 4.07. The molecule has 0 unspecified atom stereocenters. The fourth-order valence-corrected chi connectivity index (χ4v) is 1.95. The first-order valence-corrected chi connectivity index (χ1v) is 5.80. The van der Waals surface area contributed by atoms with E-state index < -0.39 is 0 Å². The number of H-pyrrole nitrogens is 1. The Kier molecular flexibility index (Phi) is 2.41. The van der Waals surface area contributed by atoms with Crippen molar-refractivity contribution in [3.63, 3.8) is 0 Å². The quantitative estimate of drug-likeness (QED) is 0.642. The number of rotatable bonds is 2. The van der Waals surface area contributed by atoms with Crippen LogP contribution in [0, 0.1) is 6.92 Å². The maximum Gasteiger partial charge on any atom is 0.130 e. The summed E-state index contributed by atoms with van der Waals surface area (Å²) in [6.45, 7) is 1.90. The molecule has 90 valence electrons. The van der Waals surface area contributed by atoms with Gasteiger partial charge in [0.1, 0.15) is 5.82 Å². The Morgan fingerprint density at radius 1 is 1.17 bits per heavy atom. The number of nitrogens with one attached hydrogen (secondary N) is 2. The Labute approximate surface area is 105 Å². The highest BCUT2D eigenvalue weighted by atomic mass is 15.0. The lowest BCUT2D eigenvalue weighted by molar-refractivity contribution is 1.20. The van der Waals surface area contributed by atoms with Crippen LogP contribution < -0.4 is 11.1 Å². The van der Waals surface area contributed by atoms with Crippen LogP contribution >= 0.6 is 0 Å². The van der Waals surface area contributed by atoms with Crippen molar-refractivity contribution in [2.75, 3.05) is 11.1 Å². The van der Waals surface area contributed by atoms with Crippen molar-refractivity contribution in [3.05, 3.63) is 48.3 Å². The molecule has 2 aromatic heterocycles. The number of nitrogens with zero attached hydrogens (tertiary/aromatic N) is 1. The fourth-order valence-electron chi connectivity index (χ4n) is 1.95. The maximum atomic E-state index is 5.76. The molecule has 0 aliphatic heterocycles. The molecule has 0 radical (unpaired) electrons. The van der Waals surface area contributed by atoms with Gasteiger partial charge in [0.2, 0.25) is 0 Å². The number of pyridine rings is 1. The van der Waals surface area contributed by atoms with Crippen molar-refractivity contribution in [2.45, 2.75) is 6.92 Å². The van der Waals surface area contributed by atoms with Gasteiger partial charge in [-0.05, 0) is 25.1 Å². The van der Waals surface area contributed by atoms with E-state index in [1.54, 1.807) is 0 Å². The minimum Gasteiger partial charge on any atom is -0.397 e. The van der Waals surface area contributed by atoms with Crippen LogP contribution in [0.3, 0.4) is 0 Å². The molecule has 0 saturated heterocycles. The summed E-state index contributed by atoms with van der Waals surface area (Å²) in [6.07, 6.45) is 1.94. The molecule has 4 nitrogen and oxygen atoms in total. The number of hydrogen-bond acceptors (Lipinski definition) is 3. The first-order valence-electron chi connectivity index (χ1n) is 5.80. The lowest BCUT2D eigenvalue weighted by Crippen LogP contribution is -1.97. The third-order valence-electron chi connectivity index (χ3n) is 2.98. The zero-order valence-corrected chi connectivity index (χ0v) is 10.1. The molecule has 4 heteroatoms. The zero-order valence-electron chi connectivity index (χ0n) is 10.1. The van der Waals surface area contributed by atoms with E-state index in [4.69, 9.17) is 5.73 Å². The molecule has 0 spiro atoms. The predicted molar refractivity (Wildman–Crippen MR) is 75.0 cm³/mol. The number of fused-ring (bicyclic) bond motifs is 1.